The minimum atomic E-state index is -4.49. The van der Waals surface area contributed by atoms with Gasteiger partial charge in [0.2, 0.25) is 5.91 Å². The summed E-state index contributed by atoms with van der Waals surface area (Å²) in [6.07, 6.45) is -4.49. The number of hydrogen-bond donors (Lipinski definition) is 2. The highest BCUT2D eigenvalue weighted by Crippen LogP contribution is 2.33. The number of carbonyl (C=O) groups excluding carboxylic acids is 1. The molecule has 4 nitrogen and oxygen atoms in total. The van der Waals surface area contributed by atoms with Crippen LogP contribution in [0.4, 0.5) is 18.9 Å². The Hall–Kier alpha value is -1.31. The quantitative estimate of drug-likeness (QED) is 0.794. The van der Waals surface area contributed by atoms with Crippen LogP contribution in [0.5, 0.6) is 0 Å². The van der Waals surface area contributed by atoms with E-state index in [1.165, 1.54) is 7.11 Å². The third-order valence-corrected chi connectivity index (χ3v) is 2.67. The molecule has 1 aromatic rings. The first-order valence-electron chi connectivity index (χ1n) is 5.71. The molecule has 1 rings (SSSR count). The molecule has 20 heavy (non-hydrogen) atoms. The Bertz CT molecular complexity index is 467. The zero-order valence-corrected chi connectivity index (χ0v) is 11.4. The van der Waals surface area contributed by atoms with E-state index in [1.807, 2.05) is 0 Å². The first-order valence-corrected chi connectivity index (χ1v) is 6.08. The van der Waals surface area contributed by atoms with Gasteiger partial charge in [-0.05, 0) is 18.2 Å². The standard InChI is InChI=1S/C12H14ClF3N2O2/c1-20-5-4-17-7-11(19)18-10-6-8(12(14,15)16)2-3-9(10)13/h2-3,6,17H,4-5,7H2,1H3,(H,18,19). The van der Waals surface area contributed by atoms with Crippen LogP contribution in [0.15, 0.2) is 18.2 Å². The van der Waals surface area contributed by atoms with Gasteiger partial charge in [-0.3, -0.25) is 4.79 Å². The number of ether oxygens (including phenoxy) is 1. The number of amides is 1. The molecule has 0 saturated heterocycles. The van der Waals surface area contributed by atoms with Crippen LogP contribution in [0, 0.1) is 0 Å². The number of nitrogens with one attached hydrogen (secondary N) is 2. The molecule has 0 heterocycles. The van der Waals surface area contributed by atoms with Crippen molar-refractivity contribution < 1.29 is 22.7 Å². The van der Waals surface area contributed by atoms with Crippen LogP contribution < -0.4 is 10.6 Å². The molecule has 1 amide bonds. The Balaban J connectivity index is 2.65. The normalized spacial score (nSPS) is 11.4. The second-order valence-electron chi connectivity index (χ2n) is 3.91. The smallest absolute Gasteiger partial charge is 0.383 e. The second kappa shape index (κ2) is 7.47. The highest BCUT2D eigenvalue weighted by Gasteiger charge is 2.31. The van der Waals surface area contributed by atoms with Crippen LogP contribution in [-0.2, 0) is 15.7 Å². The van der Waals surface area contributed by atoms with Gasteiger partial charge in [0.25, 0.3) is 0 Å². The Morgan fingerprint density at radius 3 is 2.70 bits per heavy atom. The highest BCUT2D eigenvalue weighted by molar-refractivity contribution is 6.33. The van der Waals surface area contributed by atoms with Crippen molar-refractivity contribution in [3.8, 4) is 0 Å². The number of benzene rings is 1. The summed E-state index contributed by atoms with van der Waals surface area (Å²) in [6, 6.07) is 2.75. The fourth-order valence-electron chi connectivity index (χ4n) is 1.37. The summed E-state index contributed by atoms with van der Waals surface area (Å²) >= 11 is 5.75. The van der Waals surface area contributed by atoms with E-state index in [0.29, 0.717) is 13.2 Å². The van der Waals surface area contributed by atoms with Crippen LogP contribution in [0.2, 0.25) is 5.02 Å². The molecule has 0 aliphatic carbocycles. The molecule has 1 aromatic carbocycles. The minimum Gasteiger partial charge on any atom is -0.383 e. The maximum atomic E-state index is 12.5. The average Bonchev–Trinajstić information content (AvgIpc) is 2.36. The SMILES string of the molecule is COCCNCC(=O)Nc1cc(C(F)(F)F)ccc1Cl. The van der Waals surface area contributed by atoms with E-state index in [1.54, 1.807) is 0 Å². The van der Waals surface area contributed by atoms with E-state index in [4.69, 9.17) is 16.3 Å². The lowest BCUT2D eigenvalue weighted by atomic mass is 10.2. The fraction of sp³-hybridized carbons (Fsp3) is 0.417. The summed E-state index contributed by atoms with van der Waals surface area (Å²) in [5.41, 5.74) is -0.940. The first kappa shape index (κ1) is 16.7. The predicted octanol–water partition coefficient (Wildman–Crippen LogP) is 2.53. The Morgan fingerprint density at radius 1 is 1.40 bits per heavy atom. The summed E-state index contributed by atoms with van der Waals surface area (Å²) < 4.78 is 42.4. The second-order valence-corrected chi connectivity index (χ2v) is 4.32. The van der Waals surface area contributed by atoms with Gasteiger partial charge in [-0.2, -0.15) is 13.2 Å². The summed E-state index contributed by atoms with van der Waals surface area (Å²) in [6.45, 7) is 0.841. The van der Waals surface area contributed by atoms with Crippen LogP contribution in [0.3, 0.4) is 0 Å². The van der Waals surface area contributed by atoms with Gasteiger partial charge in [0.15, 0.2) is 0 Å². The van der Waals surface area contributed by atoms with Crippen LogP contribution in [0.25, 0.3) is 0 Å². The van der Waals surface area contributed by atoms with Crippen LogP contribution in [-0.4, -0.2) is 32.7 Å². The van der Waals surface area contributed by atoms with Crippen LogP contribution >= 0.6 is 11.6 Å². The predicted molar refractivity (Wildman–Crippen MR) is 69.8 cm³/mol. The molecule has 0 aliphatic rings. The summed E-state index contributed by atoms with van der Waals surface area (Å²) in [4.78, 5) is 11.5. The molecule has 0 unspecified atom stereocenters. The molecule has 2 N–H and O–H groups in total. The summed E-state index contributed by atoms with van der Waals surface area (Å²) in [7, 11) is 1.52. The number of methoxy groups -OCH3 is 1. The summed E-state index contributed by atoms with van der Waals surface area (Å²) in [5.74, 6) is -0.484. The molecule has 0 aromatic heterocycles. The molecule has 112 valence electrons. The van der Waals surface area contributed by atoms with Gasteiger partial charge < -0.3 is 15.4 Å². The zero-order chi connectivity index (χ0) is 15.2. The van der Waals surface area contributed by atoms with E-state index >= 15 is 0 Å². The molecule has 0 saturated carbocycles. The van der Waals surface area contributed by atoms with E-state index in [-0.39, 0.29) is 17.3 Å². The number of carbonyl (C=O) groups is 1. The third-order valence-electron chi connectivity index (χ3n) is 2.34. The number of rotatable bonds is 6. The van der Waals surface area contributed by atoms with Crippen molar-refractivity contribution in [2.24, 2.45) is 0 Å². The lowest BCUT2D eigenvalue weighted by molar-refractivity contribution is -0.137. The van der Waals surface area contributed by atoms with Crippen molar-refractivity contribution in [2.45, 2.75) is 6.18 Å². The Morgan fingerprint density at radius 2 is 2.10 bits per heavy atom. The molecular weight excluding hydrogens is 297 g/mol. The third kappa shape index (κ3) is 5.36. The van der Waals surface area contributed by atoms with E-state index in [0.717, 1.165) is 18.2 Å². The number of hydrogen-bond acceptors (Lipinski definition) is 3. The average molecular weight is 311 g/mol. The first-order chi connectivity index (χ1) is 9.34. The molecule has 0 aliphatic heterocycles. The van der Waals surface area contributed by atoms with Gasteiger partial charge in [-0.25, -0.2) is 0 Å². The van der Waals surface area contributed by atoms with E-state index in [9.17, 15) is 18.0 Å². The van der Waals surface area contributed by atoms with Gasteiger partial charge in [-0.1, -0.05) is 11.6 Å². The Kier molecular flexibility index (Phi) is 6.25. The minimum absolute atomic E-state index is 0.0447. The maximum absolute atomic E-state index is 12.5. The zero-order valence-electron chi connectivity index (χ0n) is 10.7. The van der Waals surface area contributed by atoms with Gasteiger partial charge in [0, 0.05) is 13.7 Å². The number of alkyl halides is 3. The molecule has 0 spiro atoms. The van der Waals surface area contributed by atoms with Gasteiger partial charge in [0.1, 0.15) is 0 Å². The van der Waals surface area contributed by atoms with E-state index in [2.05, 4.69) is 10.6 Å². The fourth-order valence-corrected chi connectivity index (χ4v) is 1.53. The topological polar surface area (TPSA) is 50.4 Å². The van der Waals surface area contributed by atoms with Gasteiger partial charge >= 0.3 is 6.18 Å². The van der Waals surface area contributed by atoms with Crippen molar-refractivity contribution >= 4 is 23.2 Å². The van der Waals surface area contributed by atoms with Crippen LogP contribution in [0.1, 0.15) is 5.56 Å². The molecule has 0 atom stereocenters. The van der Waals surface area contributed by atoms with E-state index < -0.39 is 17.6 Å². The van der Waals surface area contributed by atoms with Crippen molar-refractivity contribution in [1.29, 1.82) is 0 Å². The largest absolute Gasteiger partial charge is 0.416 e. The van der Waals surface area contributed by atoms with Crippen molar-refractivity contribution in [3.05, 3.63) is 28.8 Å². The highest BCUT2D eigenvalue weighted by atomic mass is 35.5. The lowest BCUT2D eigenvalue weighted by Gasteiger charge is -2.12. The molecule has 8 heteroatoms. The van der Waals surface area contributed by atoms with Crippen molar-refractivity contribution in [3.63, 3.8) is 0 Å². The monoisotopic (exact) mass is 310 g/mol. The summed E-state index contributed by atoms with van der Waals surface area (Å²) in [5, 5.41) is 5.14. The van der Waals surface area contributed by atoms with Crippen molar-refractivity contribution in [1.82, 2.24) is 5.32 Å². The Labute approximate surface area is 119 Å². The number of anilines is 1. The van der Waals surface area contributed by atoms with Gasteiger partial charge in [-0.15, -0.1) is 0 Å². The lowest BCUT2D eigenvalue weighted by Crippen LogP contribution is -2.30. The maximum Gasteiger partial charge on any atom is 0.416 e. The molecular formula is C12H14ClF3N2O2. The molecule has 0 bridgehead atoms. The number of halogens is 4. The molecule has 0 radical (unpaired) electrons. The molecule has 0 fully saturated rings. The van der Waals surface area contributed by atoms with Gasteiger partial charge in [0.05, 0.1) is 29.4 Å². The van der Waals surface area contributed by atoms with Crippen molar-refractivity contribution in [2.75, 3.05) is 32.1 Å².